The van der Waals surface area contributed by atoms with Crippen molar-refractivity contribution in [3.05, 3.63) is 60.2 Å². The Morgan fingerprint density at radius 3 is 1.67 bits per heavy atom. The van der Waals surface area contributed by atoms with Crippen molar-refractivity contribution in [2.24, 2.45) is 0 Å². The van der Waals surface area contributed by atoms with Gasteiger partial charge >= 0.3 is 0 Å². The molecule has 3 rings (SSSR count). The zero-order valence-electron chi connectivity index (χ0n) is 19.3. The maximum atomic E-state index is 2.33. The van der Waals surface area contributed by atoms with Gasteiger partial charge in [0.15, 0.2) is 0 Å². The van der Waals surface area contributed by atoms with E-state index < -0.39 is 0 Å². The number of unbranched alkanes of at least 4 members (excludes halogenated alkanes) is 13. The molecule has 0 nitrogen and oxygen atoms in total. The summed E-state index contributed by atoms with van der Waals surface area (Å²) in [7, 11) is 0. The Balaban J connectivity index is 1.28. The van der Waals surface area contributed by atoms with Gasteiger partial charge in [0.25, 0.3) is 0 Å². The molecule has 0 amide bonds. The van der Waals surface area contributed by atoms with Gasteiger partial charge in [0, 0.05) is 0 Å². The maximum Gasteiger partial charge on any atom is -0.0103 e. The molecule has 0 heterocycles. The van der Waals surface area contributed by atoms with Crippen molar-refractivity contribution in [2.75, 3.05) is 0 Å². The van der Waals surface area contributed by atoms with Crippen LogP contribution in [0.5, 0.6) is 0 Å². The fourth-order valence-corrected chi connectivity index (χ4v) is 4.83. The molecule has 0 aliphatic carbocycles. The average Bonchev–Trinajstić information content (AvgIpc) is 2.79. The van der Waals surface area contributed by atoms with E-state index >= 15 is 0 Å². The van der Waals surface area contributed by atoms with Crippen LogP contribution in [-0.4, -0.2) is 0 Å². The lowest BCUT2D eigenvalue weighted by atomic mass is 9.95. The molecule has 0 aromatic heterocycles. The molecule has 0 saturated carbocycles. The second-order valence-electron chi connectivity index (χ2n) is 9.15. The monoisotopic (exact) mass is 402 g/mol. The smallest absolute Gasteiger partial charge is 0.0103 e. The lowest BCUT2D eigenvalue weighted by Crippen LogP contribution is -1.89. The first kappa shape index (κ1) is 22.9. The molecule has 0 radical (unpaired) electrons. The van der Waals surface area contributed by atoms with Crippen molar-refractivity contribution in [3.8, 4) is 0 Å². The second-order valence-corrected chi connectivity index (χ2v) is 9.15. The normalized spacial score (nSPS) is 11.5. The number of fused-ring (bicyclic) bond motifs is 3. The maximum absolute atomic E-state index is 2.33. The third-order valence-electron chi connectivity index (χ3n) is 6.68. The van der Waals surface area contributed by atoms with Crippen LogP contribution >= 0.6 is 0 Å². The molecule has 0 spiro atoms. The Morgan fingerprint density at radius 1 is 0.433 bits per heavy atom. The van der Waals surface area contributed by atoms with E-state index in [-0.39, 0.29) is 0 Å². The Kier molecular flexibility index (Phi) is 10.3. The fraction of sp³-hybridized carbons (Fsp3) is 0.533. The van der Waals surface area contributed by atoms with Gasteiger partial charge in [-0.1, -0.05) is 145 Å². The molecule has 0 unspecified atom stereocenters. The summed E-state index contributed by atoms with van der Waals surface area (Å²) in [4.78, 5) is 0. The van der Waals surface area contributed by atoms with Crippen LogP contribution in [0.3, 0.4) is 0 Å². The summed E-state index contributed by atoms with van der Waals surface area (Å²) in [5.41, 5.74) is 1.53. The molecule has 0 saturated heterocycles. The molecule has 0 N–H and O–H groups in total. The lowest BCUT2D eigenvalue weighted by molar-refractivity contribution is 0.535. The van der Waals surface area contributed by atoms with Crippen LogP contribution in [-0.2, 0) is 6.42 Å². The Bertz CT molecular complexity index is 860. The standard InChI is InChI=1S/C30H42/c1-2-3-4-5-6-7-8-9-10-11-12-13-14-15-19-26-21-18-23-30-28-22-17-16-20-27(28)24-25-29(26)30/h16-18,20-25H,2-15,19H2,1H3. The molecule has 0 aliphatic heterocycles. The van der Waals surface area contributed by atoms with Crippen LogP contribution in [0.25, 0.3) is 21.5 Å². The minimum absolute atomic E-state index is 1.22. The van der Waals surface area contributed by atoms with Gasteiger partial charge in [0.05, 0.1) is 0 Å². The number of rotatable bonds is 15. The summed E-state index contributed by atoms with van der Waals surface area (Å²) in [6.07, 6.45) is 21.2. The summed E-state index contributed by atoms with van der Waals surface area (Å²) >= 11 is 0. The lowest BCUT2D eigenvalue weighted by Gasteiger charge is -2.09. The third-order valence-corrected chi connectivity index (χ3v) is 6.68. The highest BCUT2D eigenvalue weighted by Gasteiger charge is 2.04. The van der Waals surface area contributed by atoms with Crippen LogP contribution in [0.15, 0.2) is 54.6 Å². The Labute approximate surface area is 185 Å². The van der Waals surface area contributed by atoms with E-state index in [2.05, 4.69) is 61.5 Å². The fourth-order valence-electron chi connectivity index (χ4n) is 4.83. The average molecular weight is 403 g/mol. The third kappa shape index (κ3) is 7.15. The molecule has 0 atom stereocenters. The van der Waals surface area contributed by atoms with Crippen LogP contribution in [0.4, 0.5) is 0 Å². The number of aryl methyl sites for hydroxylation is 1. The quantitative estimate of drug-likeness (QED) is 0.175. The number of hydrogen-bond donors (Lipinski definition) is 0. The van der Waals surface area contributed by atoms with Gasteiger partial charge in [-0.25, -0.2) is 0 Å². The highest BCUT2D eigenvalue weighted by molar-refractivity contribution is 6.08. The van der Waals surface area contributed by atoms with Gasteiger partial charge in [-0.05, 0) is 39.9 Å². The molecule has 0 heteroatoms. The zero-order chi connectivity index (χ0) is 20.9. The molecular weight excluding hydrogens is 360 g/mol. The van der Waals surface area contributed by atoms with E-state index in [9.17, 15) is 0 Å². The van der Waals surface area contributed by atoms with Gasteiger partial charge < -0.3 is 0 Å². The zero-order valence-corrected chi connectivity index (χ0v) is 19.3. The molecule has 0 fully saturated rings. The molecular formula is C30H42. The SMILES string of the molecule is CCCCCCCCCCCCCCCCc1cccc2c1ccc1ccccc12. The van der Waals surface area contributed by atoms with E-state index in [0.29, 0.717) is 0 Å². The van der Waals surface area contributed by atoms with Gasteiger partial charge in [0.1, 0.15) is 0 Å². The van der Waals surface area contributed by atoms with Crippen molar-refractivity contribution >= 4 is 21.5 Å². The summed E-state index contributed by atoms with van der Waals surface area (Å²) in [5.74, 6) is 0. The van der Waals surface area contributed by atoms with Gasteiger partial charge in [-0.3, -0.25) is 0 Å². The summed E-state index contributed by atoms with van der Waals surface area (Å²) in [6.45, 7) is 2.30. The van der Waals surface area contributed by atoms with Gasteiger partial charge in [0.2, 0.25) is 0 Å². The van der Waals surface area contributed by atoms with Crippen molar-refractivity contribution in [1.29, 1.82) is 0 Å². The minimum Gasteiger partial charge on any atom is -0.0654 e. The van der Waals surface area contributed by atoms with Crippen molar-refractivity contribution in [1.82, 2.24) is 0 Å². The van der Waals surface area contributed by atoms with E-state index in [1.165, 1.54) is 123 Å². The van der Waals surface area contributed by atoms with Crippen LogP contribution < -0.4 is 0 Å². The predicted molar refractivity (Wildman–Crippen MR) is 135 cm³/mol. The van der Waals surface area contributed by atoms with Crippen LogP contribution in [0, 0.1) is 0 Å². The first-order valence-corrected chi connectivity index (χ1v) is 12.8. The molecule has 162 valence electrons. The van der Waals surface area contributed by atoms with E-state index in [0.717, 1.165) is 0 Å². The number of hydrogen-bond acceptors (Lipinski definition) is 0. The Morgan fingerprint density at radius 2 is 1.00 bits per heavy atom. The largest absolute Gasteiger partial charge is 0.0654 e. The molecule has 3 aromatic rings. The summed E-state index contributed by atoms with van der Waals surface area (Å²) in [5, 5.41) is 5.60. The first-order valence-electron chi connectivity index (χ1n) is 12.8. The molecule has 3 aromatic carbocycles. The second kappa shape index (κ2) is 13.5. The van der Waals surface area contributed by atoms with E-state index in [1.54, 1.807) is 0 Å². The molecule has 0 aliphatic rings. The van der Waals surface area contributed by atoms with E-state index in [1.807, 2.05) is 0 Å². The first-order chi connectivity index (χ1) is 14.9. The molecule has 30 heavy (non-hydrogen) atoms. The topological polar surface area (TPSA) is 0 Å². The highest BCUT2D eigenvalue weighted by atomic mass is 14.1. The van der Waals surface area contributed by atoms with Crippen molar-refractivity contribution in [2.45, 2.75) is 103 Å². The minimum atomic E-state index is 1.22. The van der Waals surface area contributed by atoms with Crippen molar-refractivity contribution in [3.63, 3.8) is 0 Å². The van der Waals surface area contributed by atoms with Crippen LogP contribution in [0.1, 0.15) is 102 Å². The van der Waals surface area contributed by atoms with Crippen molar-refractivity contribution < 1.29 is 0 Å². The number of benzene rings is 3. The highest BCUT2D eigenvalue weighted by Crippen LogP contribution is 2.28. The summed E-state index contributed by atoms with van der Waals surface area (Å²) in [6, 6.07) is 20.2. The molecule has 0 bridgehead atoms. The Hall–Kier alpha value is -1.82. The van der Waals surface area contributed by atoms with E-state index in [4.69, 9.17) is 0 Å². The van der Waals surface area contributed by atoms with Gasteiger partial charge in [-0.15, -0.1) is 0 Å². The predicted octanol–water partition coefficient (Wildman–Crippen LogP) is 10.0. The van der Waals surface area contributed by atoms with Crippen LogP contribution in [0.2, 0.25) is 0 Å². The summed E-state index contributed by atoms with van der Waals surface area (Å²) < 4.78 is 0. The van der Waals surface area contributed by atoms with Gasteiger partial charge in [-0.2, -0.15) is 0 Å².